The van der Waals surface area contributed by atoms with Crippen LogP contribution in [0.15, 0.2) is 23.0 Å². The lowest BCUT2D eigenvalue weighted by molar-refractivity contribution is -0.144. The highest BCUT2D eigenvalue weighted by atomic mass is 35.5. The predicted octanol–water partition coefficient (Wildman–Crippen LogP) is 4.49. The van der Waals surface area contributed by atoms with Crippen LogP contribution >= 0.6 is 34.8 Å². The maximum atomic E-state index is 12.9. The zero-order valence-electron chi connectivity index (χ0n) is 14.6. The summed E-state index contributed by atoms with van der Waals surface area (Å²) < 4.78 is 44.2. The van der Waals surface area contributed by atoms with Gasteiger partial charge in [0.1, 0.15) is 16.8 Å². The fraction of sp³-hybridized carbons (Fsp3) is 0.353. The summed E-state index contributed by atoms with van der Waals surface area (Å²) in [5, 5.41) is 2.86. The molecule has 11 heteroatoms. The van der Waals surface area contributed by atoms with Crippen LogP contribution in [-0.2, 0) is 29.2 Å². The average molecular weight is 458 g/mol. The van der Waals surface area contributed by atoms with Crippen LogP contribution in [0.5, 0.6) is 0 Å². The minimum atomic E-state index is -4.74. The third-order valence-electron chi connectivity index (χ3n) is 3.72. The van der Waals surface area contributed by atoms with E-state index in [1.54, 1.807) is 6.92 Å². The molecule has 1 aromatic heterocycles. The minimum absolute atomic E-state index is 0.0142. The molecule has 0 N–H and O–H groups in total. The van der Waals surface area contributed by atoms with Crippen molar-refractivity contribution in [3.8, 4) is 11.3 Å². The summed E-state index contributed by atoms with van der Waals surface area (Å²) >= 11 is 18.3. The van der Waals surface area contributed by atoms with Gasteiger partial charge in [-0.25, -0.2) is 0 Å². The first-order chi connectivity index (χ1) is 13.0. The molecule has 0 amide bonds. The fourth-order valence-corrected chi connectivity index (χ4v) is 3.21. The van der Waals surface area contributed by atoms with Gasteiger partial charge in [-0.05, 0) is 24.6 Å². The quantitative estimate of drug-likeness (QED) is 0.490. The summed E-state index contributed by atoms with van der Waals surface area (Å²) in [5.74, 6) is -0.652. The Morgan fingerprint density at radius 3 is 2.46 bits per heavy atom. The molecular formula is C17H14Cl3F3N2O3. The zero-order chi connectivity index (χ0) is 21.2. The number of hydrogen-bond acceptors (Lipinski definition) is 4. The van der Waals surface area contributed by atoms with Crippen molar-refractivity contribution in [2.75, 3.05) is 6.61 Å². The van der Waals surface area contributed by atoms with E-state index in [9.17, 15) is 22.8 Å². The van der Waals surface area contributed by atoms with Gasteiger partial charge in [0.2, 0.25) is 5.43 Å². The number of carbonyl (C=O) groups excluding carboxylic acids is 1. The van der Waals surface area contributed by atoms with Crippen molar-refractivity contribution < 1.29 is 22.7 Å². The number of ether oxygens (including phenoxy) is 1. The largest absolute Gasteiger partial charge is 0.465 e. The third-order valence-corrected chi connectivity index (χ3v) is 4.72. The lowest BCUT2D eigenvalue weighted by Crippen LogP contribution is -2.23. The maximum absolute atomic E-state index is 12.9. The Labute approximate surface area is 173 Å². The normalized spacial score (nSPS) is 12.7. The van der Waals surface area contributed by atoms with Crippen LogP contribution in [0.1, 0.15) is 18.2 Å². The SMILES string of the molecule is CCOC(=O)C(Cl)Cc1cc(-c2nn(C)c(C(F)(F)F)cc2=O)c(Cl)cc1Cl. The molecule has 0 saturated carbocycles. The molecule has 28 heavy (non-hydrogen) atoms. The Kier molecular flexibility index (Phi) is 7.01. The van der Waals surface area contributed by atoms with Crippen LogP contribution in [0.3, 0.4) is 0 Å². The molecule has 0 spiro atoms. The van der Waals surface area contributed by atoms with E-state index in [0.717, 1.165) is 7.05 Å². The molecule has 1 heterocycles. The minimum Gasteiger partial charge on any atom is -0.465 e. The van der Waals surface area contributed by atoms with Crippen LogP contribution < -0.4 is 5.43 Å². The first kappa shape index (κ1) is 22.5. The number of rotatable bonds is 5. The van der Waals surface area contributed by atoms with Crippen LogP contribution in [0.25, 0.3) is 11.3 Å². The number of aryl methyl sites for hydroxylation is 1. The van der Waals surface area contributed by atoms with E-state index in [1.807, 2.05) is 0 Å². The van der Waals surface area contributed by atoms with Gasteiger partial charge >= 0.3 is 12.1 Å². The molecule has 1 atom stereocenters. The van der Waals surface area contributed by atoms with Gasteiger partial charge in [0.05, 0.1) is 11.6 Å². The molecule has 2 aromatic rings. The molecular weight excluding hydrogens is 444 g/mol. The van der Waals surface area contributed by atoms with E-state index in [2.05, 4.69) is 5.10 Å². The number of benzene rings is 1. The van der Waals surface area contributed by atoms with E-state index in [1.165, 1.54) is 12.1 Å². The molecule has 0 saturated heterocycles. The number of alkyl halides is 4. The van der Waals surface area contributed by atoms with Crippen LogP contribution in [0.4, 0.5) is 13.2 Å². The molecule has 0 aliphatic rings. The van der Waals surface area contributed by atoms with E-state index >= 15 is 0 Å². The Hall–Kier alpha value is -1.77. The van der Waals surface area contributed by atoms with Gasteiger partial charge < -0.3 is 4.74 Å². The number of hydrogen-bond donors (Lipinski definition) is 0. The van der Waals surface area contributed by atoms with Gasteiger partial charge in [0.25, 0.3) is 0 Å². The van der Waals surface area contributed by atoms with Crippen molar-refractivity contribution >= 4 is 40.8 Å². The predicted molar refractivity (Wildman–Crippen MR) is 99.9 cm³/mol. The fourth-order valence-electron chi connectivity index (χ4n) is 2.43. The summed E-state index contributed by atoms with van der Waals surface area (Å²) in [6, 6.07) is 3.12. The first-order valence-corrected chi connectivity index (χ1v) is 9.09. The number of halogens is 6. The molecule has 152 valence electrons. The summed E-state index contributed by atoms with van der Waals surface area (Å²) in [5.41, 5.74) is -2.02. The third kappa shape index (κ3) is 4.98. The van der Waals surface area contributed by atoms with Crippen LogP contribution in [-0.4, -0.2) is 27.7 Å². The number of esters is 1. The molecule has 0 fully saturated rings. The smallest absolute Gasteiger partial charge is 0.433 e. The molecule has 1 unspecified atom stereocenters. The Morgan fingerprint density at radius 1 is 1.25 bits per heavy atom. The second kappa shape index (κ2) is 8.71. The summed E-state index contributed by atoms with van der Waals surface area (Å²) in [6.07, 6.45) is -4.77. The van der Waals surface area contributed by atoms with Crippen molar-refractivity contribution in [3.05, 3.63) is 49.7 Å². The molecule has 1 aromatic carbocycles. The van der Waals surface area contributed by atoms with Gasteiger partial charge in [-0.15, -0.1) is 11.6 Å². The summed E-state index contributed by atoms with van der Waals surface area (Å²) in [4.78, 5) is 24.0. The number of carbonyl (C=O) groups is 1. The second-order valence-corrected chi connectivity index (χ2v) is 7.05. The topological polar surface area (TPSA) is 61.2 Å². The van der Waals surface area contributed by atoms with Crippen molar-refractivity contribution in [1.82, 2.24) is 9.78 Å². The highest BCUT2D eigenvalue weighted by Crippen LogP contribution is 2.33. The Bertz CT molecular complexity index is 961. The van der Waals surface area contributed by atoms with E-state index in [4.69, 9.17) is 39.5 Å². The lowest BCUT2D eigenvalue weighted by Gasteiger charge is -2.15. The average Bonchev–Trinajstić information content (AvgIpc) is 2.58. The molecule has 0 aliphatic carbocycles. The molecule has 0 bridgehead atoms. The van der Waals surface area contributed by atoms with Crippen molar-refractivity contribution in [2.45, 2.75) is 24.9 Å². The number of aromatic nitrogens is 2. The number of nitrogens with zero attached hydrogens (tertiary/aromatic N) is 2. The Morgan fingerprint density at radius 2 is 1.89 bits per heavy atom. The van der Waals surface area contributed by atoms with E-state index in [0.29, 0.717) is 16.3 Å². The van der Waals surface area contributed by atoms with Crippen molar-refractivity contribution in [2.24, 2.45) is 7.05 Å². The maximum Gasteiger partial charge on any atom is 0.433 e. The summed E-state index contributed by atoms with van der Waals surface area (Å²) in [7, 11) is 1.06. The van der Waals surface area contributed by atoms with Crippen molar-refractivity contribution in [1.29, 1.82) is 0 Å². The molecule has 0 radical (unpaired) electrons. The van der Waals surface area contributed by atoms with Crippen molar-refractivity contribution in [3.63, 3.8) is 0 Å². The van der Waals surface area contributed by atoms with Gasteiger partial charge in [-0.1, -0.05) is 23.2 Å². The van der Waals surface area contributed by atoms with E-state index in [-0.39, 0.29) is 34.3 Å². The molecule has 0 aliphatic heterocycles. The Balaban J connectivity index is 2.51. The first-order valence-electron chi connectivity index (χ1n) is 7.90. The summed E-state index contributed by atoms with van der Waals surface area (Å²) in [6.45, 7) is 1.77. The van der Waals surface area contributed by atoms with Gasteiger partial charge in [-0.2, -0.15) is 18.3 Å². The van der Waals surface area contributed by atoms with Gasteiger partial charge in [0, 0.05) is 30.1 Å². The standard InChI is InChI=1S/C17H14Cl3F3N2O3/c1-3-28-16(27)12(20)5-8-4-9(11(19)6-10(8)18)15-13(26)7-14(17(21,22)23)25(2)24-15/h4,6-7,12H,3,5H2,1-2H3. The molecule has 2 rings (SSSR count). The molecule has 5 nitrogen and oxygen atoms in total. The van der Waals surface area contributed by atoms with Crippen LogP contribution in [0.2, 0.25) is 10.0 Å². The van der Waals surface area contributed by atoms with Gasteiger partial charge in [0.15, 0.2) is 0 Å². The highest BCUT2D eigenvalue weighted by Gasteiger charge is 2.34. The second-order valence-electron chi connectivity index (χ2n) is 5.71. The highest BCUT2D eigenvalue weighted by molar-refractivity contribution is 6.37. The zero-order valence-corrected chi connectivity index (χ0v) is 16.9. The van der Waals surface area contributed by atoms with Crippen LogP contribution in [0, 0.1) is 0 Å². The van der Waals surface area contributed by atoms with Gasteiger partial charge in [-0.3, -0.25) is 14.3 Å². The monoisotopic (exact) mass is 456 g/mol. The lowest BCUT2D eigenvalue weighted by atomic mass is 10.0. The van der Waals surface area contributed by atoms with E-state index < -0.39 is 28.6 Å².